The van der Waals surface area contributed by atoms with E-state index < -0.39 is 6.08 Å². The third-order valence-corrected chi connectivity index (χ3v) is 6.99. The van der Waals surface area contributed by atoms with Crippen molar-refractivity contribution in [1.82, 2.24) is 0 Å². The first-order valence-corrected chi connectivity index (χ1v) is 10.8. The zero-order chi connectivity index (χ0) is 18.4. The first-order chi connectivity index (χ1) is 12.6. The van der Waals surface area contributed by atoms with Crippen LogP contribution in [0.25, 0.3) is 0 Å². The monoisotopic (exact) mass is 370 g/mol. The normalized spacial score (nSPS) is 38.7. The number of hydrogen-bond acceptors (Lipinski definition) is 2. The van der Waals surface area contributed by atoms with Crippen molar-refractivity contribution >= 4 is 0 Å². The van der Waals surface area contributed by atoms with Crippen LogP contribution >= 0.6 is 0 Å². The zero-order valence-electron chi connectivity index (χ0n) is 16.3. The van der Waals surface area contributed by atoms with Gasteiger partial charge in [0.25, 0.3) is 6.08 Å². The summed E-state index contributed by atoms with van der Waals surface area (Å²) < 4.78 is 36.6. The molecular weight excluding hydrogens is 334 g/mol. The van der Waals surface area contributed by atoms with E-state index in [1.165, 1.54) is 38.5 Å². The van der Waals surface area contributed by atoms with Gasteiger partial charge in [-0.15, -0.1) is 0 Å². The van der Waals surface area contributed by atoms with Gasteiger partial charge in [0, 0.05) is 11.8 Å². The second kappa shape index (κ2) is 10.2. The molecule has 0 bridgehead atoms. The highest BCUT2D eigenvalue weighted by molar-refractivity contribution is 4.86. The van der Waals surface area contributed by atoms with Crippen LogP contribution in [0.15, 0.2) is 12.2 Å². The molecule has 0 aromatic carbocycles. The van der Waals surface area contributed by atoms with E-state index in [-0.39, 0.29) is 6.29 Å². The van der Waals surface area contributed by atoms with Crippen molar-refractivity contribution < 1.29 is 18.3 Å². The Morgan fingerprint density at radius 1 is 0.808 bits per heavy atom. The molecule has 0 N–H and O–H groups in total. The lowest BCUT2D eigenvalue weighted by Crippen LogP contribution is -2.38. The summed E-state index contributed by atoms with van der Waals surface area (Å²) in [5, 5.41) is 0. The summed E-state index contributed by atoms with van der Waals surface area (Å²) in [5.74, 6) is 3.26. The topological polar surface area (TPSA) is 18.5 Å². The van der Waals surface area contributed by atoms with Crippen LogP contribution in [0.5, 0.6) is 0 Å². The van der Waals surface area contributed by atoms with Crippen LogP contribution in [-0.4, -0.2) is 19.5 Å². The van der Waals surface area contributed by atoms with Crippen molar-refractivity contribution in [1.29, 1.82) is 0 Å². The maximum absolute atomic E-state index is 12.2. The Morgan fingerprint density at radius 3 is 2.00 bits per heavy atom. The first-order valence-electron chi connectivity index (χ1n) is 10.8. The van der Waals surface area contributed by atoms with Gasteiger partial charge in [0.05, 0.1) is 13.2 Å². The maximum atomic E-state index is 12.2. The lowest BCUT2D eigenvalue weighted by Gasteiger charge is -2.38. The lowest BCUT2D eigenvalue weighted by atomic mass is 9.79. The largest absolute Gasteiger partial charge is 0.352 e. The van der Waals surface area contributed by atoms with Crippen molar-refractivity contribution in [3.8, 4) is 0 Å². The minimum absolute atomic E-state index is 0.0591. The average Bonchev–Trinajstić information content (AvgIpc) is 2.67. The molecular formula is C22H36F2O2. The van der Waals surface area contributed by atoms with Gasteiger partial charge in [-0.3, -0.25) is 0 Å². The highest BCUT2D eigenvalue weighted by atomic mass is 19.3. The maximum Gasteiger partial charge on any atom is 0.266 e. The molecule has 0 spiro atoms. The molecule has 3 rings (SSSR count). The van der Waals surface area contributed by atoms with E-state index in [4.69, 9.17) is 9.47 Å². The van der Waals surface area contributed by atoms with Crippen LogP contribution in [0.1, 0.15) is 77.6 Å². The molecule has 0 unspecified atom stereocenters. The lowest BCUT2D eigenvalue weighted by molar-refractivity contribution is -0.230. The summed E-state index contributed by atoms with van der Waals surface area (Å²) in [4.78, 5) is 0. The van der Waals surface area contributed by atoms with Gasteiger partial charge < -0.3 is 9.47 Å². The van der Waals surface area contributed by atoms with Crippen LogP contribution in [0, 0.1) is 29.6 Å². The minimum atomic E-state index is -1.54. The molecule has 0 aromatic heterocycles. The Balaban J connectivity index is 1.30. The van der Waals surface area contributed by atoms with E-state index >= 15 is 0 Å². The van der Waals surface area contributed by atoms with E-state index in [1.54, 1.807) is 0 Å². The number of allylic oxidation sites excluding steroid dienone is 1. The molecule has 150 valence electrons. The van der Waals surface area contributed by atoms with E-state index in [2.05, 4.69) is 6.92 Å². The average molecular weight is 371 g/mol. The van der Waals surface area contributed by atoms with E-state index in [0.717, 1.165) is 56.8 Å². The van der Waals surface area contributed by atoms with Gasteiger partial charge in [0.15, 0.2) is 6.29 Å². The second-order valence-corrected chi connectivity index (χ2v) is 9.11. The van der Waals surface area contributed by atoms with Gasteiger partial charge in [-0.05, 0) is 62.4 Å². The Bertz CT molecular complexity index is 425. The van der Waals surface area contributed by atoms with Crippen molar-refractivity contribution in [2.75, 3.05) is 13.2 Å². The third-order valence-electron chi connectivity index (χ3n) is 6.99. The summed E-state index contributed by atoms with van der Waals surface area (Å²) in [6.07, 6.45) is 12.3. The van der Waals surface area contributed by atoms with E-state index in [0.29, 0.717) is 24.2 Å². The van der Waals surface area contributed by atoms with Gasteiger partial charge in [0.1, 0.15) is 0 Å². The zero-order valence-corrected chi connectivity index (χ0v) is 16.3. The first kappa shape index (κ1) is 20.3. The molecule has 1 heterocycles. The van der Waals surface area contributed by atoms with Gasteiger partial charge in [0.2, 0.25) is 0 Å². The molecule has 3 aliphatic rings. The van der Waals surface area contributed by atoms with E-state index in [9.17, 15) is 8.78 Å². The number of rotatable bonds is 6. The van der Waals surface area contributed by atoms with Gasteiger partial charge in [-0.25, -0.2) is 0 Å². The van der Waals surface area contributed by atoms with Crippen molar-refractivity contribution in [3.63, 3.8) is 0 Å². The van der Waals surface area contributed by atoms with Crippen LogP contribution in [0.2, 0.25) is 0 Å². The highest BCUT2D eigenvalue weighted by Gasteiger charge is 2.32. The fraction of sp³-hybridized carbons (Fsp3) is 0.909. The fourth-order valence-electron chi connectivity index (χ4n) is 5.04. The van der Waals surface area contributed by atoms with Crippen molar-refractivity contribution in [2.45, 2.75) is 83.8 Å². The summed E-state index contributed by atoms with van der Waals surface area (Å²) in [5.41, 5.74) is 0. The Labute approximate surface area is 157 Å². The number of hydrogen-bond donors (Lipinski definition) is 0. The van der Waals surface area contributed by atoms with Crippen LogP contribution < -0.4 is 0 Å². The molecule has 0 radical (unpaired) electrons. The summed E-state index contributed by atoms with van der Waals surface area (Å²) in [6, 6.07) is 0. The van der Waals surface area contributed by atoms with Gasteiger partial charge >= 0.3 is 0 Å². The molecule has 0 atom stereocenters. The highest BCUT2D eigenvalue weighted by Crippen LogP contribution is 2.37. The third kappa shape index (κ3) is 6.30. The SMILES string of the molecule is CC1CCC(CCC2COC(C3CCC(CC=C(F)F)CC3)OC2)CC1. The summed E-state index contributed by atoms with van der Waals surface area (Å²) in [7, 11) is 0. The number of ether oxygens (including phenoxy) is 2. The van der Waals surface area contributed by atoms with Crippen molar-refractivity contribution in [2.24, 2.45) is 29.6 Å². The van der Waals surface area contributed by atoms with Crippen LogP contribution in [0.4, 0.5) is 8.78 Å². The minimum Gasteiger partial charge on any atom is -0.352 e. The molecule has 2 nitrogen and oxygen atoms in total. The Kier molecular flexibility index (Phi) is 7.92. The Hall–Kier alpha value is -0.480. The molecule has 0 amide bonds. The van der Waals surface area contributed by atoms with Gasteiger partial charge in [-0.2, -0.15) is 8.78 Å². The number of halogens is 2. The van der Waals surface area contributed by atoms with Gasteiger partial charge in [-0.1, -0.05) is 39.0 Å². The Morgan fingerprint density at radius 2 is 1.38 bits per heavy atom. The molecule has 4 heteroatoms. The molecule has 3 fully saturated rings. The molecule has 2 saturated carbocycles. The smallest absolute Gasteiger partial charge is 0.266 e. The molecule has 0 aromatic rings. The van der Waals surface area contributed by atoms with Crippen LogP contribution in [-0.2, 0) is 9.47 Å². The molecule has 1 saturated heterocycles. The van der Waals surface area contributed by atoms with Crippen molar-refractivity contribution in [3.05, 3.63) is 12.2 Å². The molecule has 26 heavy (non-hydrogen) atoms. The quantitative estimate of drug-likeness (QED) is 0.527. The summed E-state index contributed by atoms with van der Waals surface area (Å²) >= 11 is 0. The fourth-order valence-corrected chi connectivity index (χ4v) is 5.04. The second-order valence-electron chi connectivity index (χ2n) is 9.11. The molecule has 2 aliphatic carbocycles. The van der Waals surface area contributed by atoms with Crippen LogP contribution in [0.3, 0.4) is 0 Å². The van der Waals surface area contributed by atoms with E-state index in [1.807, 2.05) is 0 Å². The summed E-state index contributed by atoms with van der Waals surface area (Å²) in [6.45, 7) is 4.05. The predicted octanol–water partition coefficient (Wildman–Crippen LogP) is 6.56. The molecule has 1 aliphatic heterocycles. The standard InChI is InChI=1S/C22H36F2O2/c1-16-2-4-17(5-3-16)6-7-19-14-25-22(26-15-19)20-11-8-18(9-12-20)10-13-21(23)24/h13,16-20,22H,2-12,14-15H2,1H3. The predicted molar refractivity (Wildman–Crippen MR) is 99.9 cm³/mol.